The van der Waals surface area contributed by atoms with E-state index in [1.165, 1.54) is 0 Å². The molecule has 0 aliphatic heterocycles. The molecule has 0 saturated heterocycles. The second kappa shape index (κ2) is 6.26. The summed E-state index contributed by atoms with van der Waals surface area (Å²) < 4.78 is 5.20. The molecule has 1 aromatic heterocycles. The zero-order chi connectivity index (χ0) is 16.4. The molecular formula is C18H14ClNO3. The summed E-state index contributed by atoms with van der Waals surface area (Å²) in [5.74, 6) is -0.461. The van der Waals surface area contributed by atoms with Crippen molar-refractivity contribution in [2.24, 2.45) is 0 Å². The summed E-state index contributed by atoms with van der Waals surface area (Å²) in [5.41, 5.74) is 1.74. The van der Waals surface area contributed by atoms with E-state index in [0.29, 0.717) is 17.2 Å². The van der Waals surface area contributed by atoms with Crippen molar-refractivity contribution in [2.45, 2.75) is 13.5 Å². The molecule has 0 saturated carbocycles. The number of aryl methyl sites for hydroxylation is 1. The van der Waals surface area contributed by atoms with Gasteiger partial charge >= 0.3 is 5.63 Å². The van der Waals surface area contributed by atoms with Gasteiger partial charge in [-0.2, -0.15) is 0 Å². The Morgan fingerprint density at radius 1 is 1.13 bits per heavy atom. The summed E-state index contributed by atoms with van der Waals surface area (Å²) in [6.07, 6.45) is 0. The molecule has 4 nitrogen and oxygen atoms in total. The number of carbonyl (C=O) groups is 1. The zero-order valence-corrected chi connectivity index (χ0v) is 13.2. The third kappa shape index (κ3) is 3.43. The van der Waals surface area contributed by atoms with Crippen molar-refractivity contribution in [1.82, 2.24) is 5.32 Å². The van der Waals surface area contributed by atoms with E-state index in [-0.39, 0.29) is 5.56 Å². The summed E-state index contributed by atoms with van der Waals surface area (Å²) in [7, 11) is 0. The highest BCUT2D eigenvalue weighted by Gasteiger charge is 2.13. The average Bonchev–Trinajstić information content (AvgIpc) is 2.54. The van der Waals surface area contributed by atoms with E-state index in [1.807, 2.05) is 31.2 Å². The Labute approximate surface area is 137 Å². The van der Waals surface area contributed by atoms with Gasteiger partial charge in [0.25, 0.3) is 5.91 Å². The minimum absolute atomic E-state index is 0.00272. The van der Waals surface area contributed by atoms with E-state index in [1.54, 1.807) is 24.3 Å². The molecule has 0 bridgehead atoms. The van der Waals surface area contributed by atoms with E-state index in [0.717, 1.165) is 16.5 Å². The quantitative estimate of drug-likeness (QED) is 0.746. The second-order valence-corrected chi connectivity index (χ2v) is 5.73. The molecule has 0 fully saturated rings. The average molecular weight is 328 g/mol. The lowest BCUT2D eigenvalue weighted by atomic mass is 10.1. The van der Waals surface area contributed by atoms with Crippen LogP contribution in [0.1, 0.15) is 21.5 Å². The minimum Gasteiger partial charge on any atom is -0.422 e. The van der Waals surface area contributed by atoms with Crippen LogP contribution in [0.4, 0.5) is 0 Å². The third-order valence-electron chi connectivity index (χ3n) is 3.50. The van der Waals surface area contributed by atoms with Gasteiger partial charge in [0.1, 0.15) is 11.1 Å². The van der Waals surface area contributed by atoms with Crippen LogP contribution in [-0.2, 0) is 6.54 Å². The highest BCUT2D eigenvalue weighted by molar-refractivity contribution is 6.30. The molecule has 3 rings (SSSR count). The highest BCUT2D eigenvalue weighted by atomic mass is 35.5. The standard InChI is InChI=1S/C18H14ClNO3/c1-11-2-7-16-13(8-11)9-15(18(22)23-16)17(21)20-10-12-3-5-14(19)6-4-12/h2-9H,10H2,1H3,(H,20,21). The molecule has 5 heteroatoms. The first-order valence-corrected chi connectivity index (χ1v) is 7.48. The van der Waals surface area contributed by atoms with Gasteiger partial charge in [-0.15, -0.1) is 0 Å². The van der Waals surface area contributed by atoms with Gasteiger partial charge in [0.2, 0.25) is 0 Å². The Bertz CT molecular complexity index is 929. The number of hydrogen-bond donors (Lipinski definition) is 1. The lowest BCUT2D eigenvalue weighted by Gasteiger charge is -2.06. The third-order valence-corrected chi connectivity index (χ3v) is 3.75. The van der Waals surface area contributed by atoms with E-state index in [2.05, 4.69) is 5.32 Å². The van der Waals surface area contributed by atoms with Crippen molar-refractivity contribution in [3.8, 4) is 0 Å². The van der Waals surface area contributed by atoms with Crippen LogP contribution in [0.25, 0.3) is 11.0 Å². The molecule has 0 aliphatic rings. The first-order valence-electron chi connectivity index (χ1n) is 7.10. The number of benzene rings is 2. The summed E-state index contributed by atoms with van der Waals surface area (Å²) in [6, 6.07) is 14.1. The van der Waals surface area contributed by atoms with Crippen LogP contribution in [-0.4, -0.2) is 5.91 Å². The van der Waals surface area contributed by atoms with Crippen molar-refractivity contribution < 1.29 is 9.21 Å². The Morgan fingerprint density at radius 2 is 1.87 bits per heavy atom. The minimum atomic E-state index is -0.644. The van der Waals surface area contributed by atoms with Gasteiger partial charge in [-0.3, -0.25) is 4.79 Å². The van der Waals surface area contributed by atoms with Gasteiger partial charge in [0, 0.05) is 17.0 Å². The van der Waals surface area contributed by atoms with E-state index >= 15 is 0 Å². The van der Waals surface area contributed by atoms with Crippen LogP contribution < -0.4 is 10.9 Å². The molecule has 1 amide bonds. The topological polar surface area (TPSA) is 59.3 Å². The fraction of sp³-hybridized carbons (Fsp3) is 0.111. The van der Waals surface area contributed by atoms with Crippen LogP contribution in [0, 0.1) is 6.92 Å². The lowest BCUT2D eigenvalue weighted by molar-refractivity contribution is 0.0947. The van der Waals surface area contributed by atoms with Gasteiger partial charge in [-0.05, 0) is 42.8 Å². The van der Waals surface area contributed by atoms with Gasteiger partial charge < -0.3 is 9.73 Å². The van der Waals surface area contributed by atoms with Crippen molar-refractivity contribution in [1.29, 1.82) is 0 Å². The predicted molar refractivity (Wildman–Crippen MR) is 89.8 cm³/mol. The van der Waals surface area contributed by atoms with Gasteiger partial charge in [0.15, 0.2) is 0 Å². The number of amides is 1. The molecule has 0 atom stereocenters. The smallest absolute Gasteiger partial charge is 0.349 e. The monoisotopic (exact) mass is 327 g/mol. The van der Waals surface area contributed by atoms with Crippen molar-refractivity contribution >= 4 is 28.5 Å². The Balaban J connectivity index is 1.84. The first-order chi connectivity index (χ1) is 11.0. The number of nitrogens with one attached hydrogen (secondary N) is 1. The van der Waals surface area contributed by atoms with Crippen LogP contribution >= 0.6 is 11.6 Å². The van der Waals surface area contributed by atoms with Crippen molar-refractivity contribution in [2.75, 3.05) is 0 Å². The number of rotatable bonds is 3. The molecular weight excluding hydrogens is 314 g/mol. The van der Waals surface area contributed by atoms with E-state index in [4.69, 9.17) is 16.0 Å². The molecule has 1 heterocycles. The van der Waals surface area contributed by atoms with Crippen molar-refractivity contribution in [3.63, 3.8) is 0 Å². The Kier molecular flexibility index (Phi) is 4.17. The summed E-state index contributed by atoms with van der Waals surface area (Å²) in [5, 5.41) is 4.07. The molecule has 23 heavy (non-hydrogen) atoms. The number of fused-ring (bicyclic) bond motifs is 1. The summed E-state index contributed by atoms with van der Waals surface area (Å²) >= 11 is 5.82. The molecule has 1 N–H and O–H groups in total. The molecule has 0 spiro atoms. The SMILES string of the molecule is Cc1ccc2oc(=O)c(C(=O)NCc3ccc(Cl)cc3)cc2c1. The summed E-state index contributed by atoms with van der Waals surface area (Å²) in [4.78, 5) is 24.2. The summed E-state index contributed by atoms with van der Waals surface area (Å²) in [6.45, 7) is 2.24. The first kappa shape index (κ1) is 15.3. The molecule has 3 aromatic rings. The van der Waals surface area contributed by atoms with Gasteiger partial charge in [-0.1, -0.05) is 35.4 Å². The second-order valence-electron chi connectivity index (χ2n) is 5.30. The largest absolute Gasteiger partial charge is 0.422 e. The Morgan fingerprint density at radius 3 is 2.61 bits per heavy atom. The molecule has 0 radical (unpaired) electrons. The van der Waals surface area contributed by atoms with Crippen LogP contribution in [0.5, 0.6) is 0 Å². The molecule has 0 unspecified atom stereocenters. The van der Waals surface area contributed by atoms with Gasteiger partial charge in [0.05, 0.1) is 0 Å². The number of carbonyl (C=O) groups excluding carboxylic acids is 1. The maximum Gasteiger partial charge on any atom is 0.349 e. The van der Waals surface area contributed by atoms with Crippen molar-refractivity contribution in [3.05, 3.63) is 80.7 Å². The fourth-order valence-corrected chi connectivity index (χ4v) is 2.41. The molecule has 116 valence electrons. The van der Waals surface area contributed by atoms with E-state index in [9.17, 15) is 9.59 Å². The Hall–Kier alpha value is -2.59. The van der Waals surface area contributed by atoms with Crippen LogP contribution in [0.2, 0.25) is 5.02 Å². The molecule has 2 aromatic carbocycles. The normalized spacial score (nSPS) is 10.7. The molecule has 0 aliphatic carbocycles. The maximum absolute atomic E-state index is 12.2. The number of hydrogen-bond acceptors (Lipinski definition) is 3. The van der Waals surface area contributed by atoms with Gasteiger partial charge in [-0.25, -0.2) is 4.79 Å². The lowest BCUT2D eigenvalue weighted by Crippen LogP contribution is -2.27. The number of halogens is 1. The van der Waals surface area contributed by atoms with Crippen LogP contribution in [0.15, 0.2) is 57.7 Å². The highest BCUT2D eigenvalue weighted by Crippen LogP contribution is 2.15. The fourth-order valence-electron chi connectivity index (χ4n) is 2.28. The van der Waals surface area contributed by atoms with E-state index < -0.39 is 11.5 Å². The maximum atomic E-state index is 12.2. The predicted octanol–water partition coefficient (Wildman–Crippen LogP) is 3.68. The zero-order valence-electron chi connectivity index (χ0n) is 12.4. The van der Waals surface area contributed by atoms with Crippen LogP contribution in [0.3, 0.4) is 0 Å².